The van der Waals surface area contributed by atoms with Gasteiger partial charge in [0.25, 0.3) is 0 Å². The summed E-state index contributed by atoms with van der Waals surface area (Å²) in [6, 6.07) is 0. The Kier molecular flexibility index (Phi) is 2.66. The molecule has 0 aromatic heterocycles. The standard InChI is InChI=1S/C8H16FN/c1-8(7-9)3-2-5-10-6-4-8/h10H,2-7H2,1H3. The van der Waals surface area contributed by atoms with Gasteiger partial charge in [0, 0.05) is 0 Å². The monoisotopic (exact) mass is 145 g/mol. The summed E-state index contributed by atoms with van der Waals surface area (Å²) in [6.45, 7) is 3.94. The molecule has 1 heterocycles. The van der Waals surface area contributed by atoms with Crippen LogP contribution in [-0.4, -0.2) is 19.8 Å². The number of hydrogen-bond acceptors (Lipinski definition) is 1. The van der Waals surface area contributed by atoms with Crippen LogP contribution in [0.15, 0.2) is 0 Å². The van der Waals surface area contributed by atoms with E-state index in [0.717, 1.165) is 32.4 Å². The minimum Gasteiger partial charge on any atom is -0.317 e. The highest BCUT2D eigenvalue weighted by Gasteiger charge is 2.24. The summed E-state index contributed by atoms with van der Waals surface area (Å²) in [5, 5.41) is 3.27. The number of halogens is 1. The van der Waals surface area contributed by atoms with Crippen molar-refractivity contribution in [2.45, 2.75) is 26.2 Å². The highest BCUT2D eigenvalue weighted by molar-refractivity contribution is 4.77. The van der Waals surface area contributed by atoms with Gasteiger partial charge in [0.05, 0.1) is 6.67 Å². The number of nitrogens with one attached hydrogen (secondary N) is 1. The van der Waals surface area contributed by atoms with E-state index in [1.54, 1.807) is 0 Å². The first-order valence-corrected chi connectivity index (χ1v) is 4.04. The van der Waals surface area contributed by atoms with Crippen molar-refractivity contribution in [3.8, 4) is 0 Å². The van der Waals surface area contributed by atoms with Crippen LogP contribution in [0.2, 0.25) is 0 Å². The predicted octanol–water partition coefficient (Wildman–Crippen LogP) is 1.74. The van der Waals surface area contributed by atoms with Gasteiger partial charge in [0.2, 0.25) is 0 Å². The lowest BCUT2D eigenvalue weighted by atomic mass is 9.84. The molecule has 1 aliphatic rings. The summed E-state index contributed by atoms with van der Waals surface area (Å²) in [6.07, 6.45) is 3.15. The molecule has 2 heteroatoms. The summed E-state index contributed by atoms with van der Waals surface area (Å²) >= 11 is 0. The van der Waals surface area contributed by atoms with Gasteiger partial charge in [-0.1, -0.05) is 6.92 Å². The average molecular weight is 145 g/mol. The fraction of sp³-hybridized carbons (Fsp3) is 1.00. The minimum absolute atomic E-state index is 0.0243. The van der Waals surface area contributed by atoms with Crippen molar-refractivity contribution in [2.24, 2.45) is 5.41 Å². The van der Waals surface area contributed by atoms with Gasteiger partial charge in [-0.25, -0.2) is 0 Å². The third kappa shape index (κ3) is 1.94. The van der Waals surface area contributed by atoms with E-state index in [-0.39, 0.29) is 12.1 Å². The molecule has 0 amide bonds. The van der Waals surface area contributed by atoms with Crippen LogP contribution in [0.25, 0.3) is 0 Å². The van der Waals surface area contributed by atoms with E-state index in [0.29, 0.717) is 0 Å². The molecule has 1 fully saturated rings. The Bertz CT molecular complexity index is 95.4. The Balaban J connectivity index is 2.41. The molecule has 0 aliphatic carbocycles. The first-order valence-electron chi connectivity index (χ1n) is 4.04. The lowest BCUT2D eigenvalue weighted by Crippen LogP contribution is -2.21. The molecule has 1 rings (SSSR count). The Hall–Kier alpha value is -0.110. The second-order valence-corrected chi connectivity index (χ2v) is 3.55. The zero-order chi connectivity index (χ0) is 7.45. The molecule has 0 spiro atoms. The van der Waals surface area contributed by atoms with Crippen LogP contribution < -0.4 is 5.32 Å². The molecule has 1 atom stereocenters. The molecular weight excluding hydrogens is 129 g/mol. The van der Waals surface area contributed by atoms with Gasteiger partial charge in [0.1, 0.15) is 0 Å². The Morgan fingerprint density at radius 1 is 1.40 bits per heavy atom. The van der Waals surface area contributed by atoms with Crippen molar-refractivity contribution in [3.63, 3.8) is 0 Å². The second kappa shape index (κ2) is 3.33. The fourth-order valence-corrected chi connectivity index (χ4v) is 1.41. The van der Waals surface area contributed by atoms with Gasteiger partial charge in [-0.3, -0.25) is 4.39 Å². The van der Waals surface area contributed by atoms with Crippen molar-refractivity contribution in [1.29, 1.82) is 0 Å². The topological polar surface area (TPSA) is 12.0 Å². The van der Waals surface area contributed by atoms with E-state index >= 15 is 0 Å². The maximum Gasteiger partial charge on any atom is 0.0948 e. The molecule has 10 heavy (non-hydrogen) atoms. The summed E-state index contributed by atoms with van der Waals surface area (Å²) in [7, 11) is 0. The lowest BCUT2D eigenvalue weighted by molar-refractivity contribution is 0.207. The van der Waals surface area contributed by atoms with E-state index in [2.05, 4.69) is 5.32 Å². The molecule has 0 aromatic carbocycles. The van der Waals surface area contributed by atoms with Crippen LogP contribution in [0.5, 0.6) is 0 Å². The van der Waals surface area contributed by atoms with Crippen molar-refractivity contribution >= 4 is 0 Å². The van der Waals surface area contributed by atoms with Crippen LogP contribution in [-0.2, 0) is 0 Å². The van der Waals surface area contributed by atoms with Crippen molar-refractivity contribution < 1.29 is 4.39 Å². The van der Waals surface area contributed by atoms with Crippen molar-refractivity contribution in [3.05, 3.63) is 0 Å². The average Bonchev–Trinajstić information content (AvgIpc) is 2.15. The Morgan fingerprint density at radius 3 is 2.90 bits per heavy atom. The van der Waals surface area contributed by atoms with Gasteiger partial charge in [-0.2, -0.15) is 0 Å². The summed E-state index contributed by atoms with van der Waals surface area (Å²) < 4.78 is 12.4. The molecule has 0 bridgehead atoms. The van der Waals surface area contributed by atoms with Gasteiger partial charge in [0.15, 0.2) is 0 Å². The first-order chi connectivity index (χ1) is 4.77. The summed E-state index contributed by atoms with van der Waals surface area (Å²) in [5.74, 6) is 0. The molecule has 60 valence electrons. The van der Waals surface area contributed by atoms with E-state index in [1.165, 1.54) is 0 Å². The van der Waals surface area contributed by atoms with E-state index in [4.69, 9.17) is 0 Å². The Labute approximate surface area is 62.0 Å². The summed E-state index contributed by atoms with van der Waals surface area (Å²) in [5.41, 5.74) is -0.0243. The molecule has 1 N–H and O–H groups in total. The smallest absolute Gasteiger partial charge is 0.0948 e. The highest BCUT2D eigenvalue weighted by Crippen LogP contribution is 2.28. The van der Waals surface area contributed by atoms with E-state index in [1.807, 2.05) is 6.92 Å². The van der Waals surface area contributed by atoms with Gasteiger partial charge in [-0.05, 0) is 37.8 Å². The van der Waals surface area contributed by atoms with E-state index in [9.17, 15) is 4.39 Å². The minimum atomic E-state index is -0.158. The Morgan fingerprint density at radius 2 is 2.20 bits per heavy atom. The maximum absolute atomic E-state index is 12.4. The van der Waals surface area contributed by atoms with Crippen LogP contribution in [0.1, 0.15) is 26.2 Å². The van der Waals surface area contributed by atoms with Gasteiger partial charge < -0.3 is 5.32 Å². The van der Waals surface area contributed by atoms with Crippen LogP contribution in [0.3, 0.4) is 0 Å². The largest absolute Gasteiger partial charge is 0.317 e. The van der Waals surface area contributed by atoms with Crippen molar-refractivity contribution in [1.82, 2.24) is 5.32 Å². The molecule has 0 aromatic rings. The van der Waals surface area contributed by atoms with E-state index < -0.39 is 0 Å². The maximum atomic E-state index is 12.4. The van der Waals surface area contributed by atoms with Gasteiger partial charge in [-0.15, -0.1) is 0 Å². The molecule has 0 saturated carbocycles. The number of rotatable bonds is 1. The highest BCUT2D eigenvalue weighted by atomic mass is 19.1. The number of hydrogen-bond donors (Lipinski definition) is 1. The normalized spacial score (nSPS) is 35.4. The molecule has 1 aliphatic heterocycles. The first kappa shape index (κ1) is 7.99. The lowest BCUT2D eigenvalue weighted by Gasteiger charge is -2.22. The zero-order valence-corrected chi connectivity index (χ0v) is 6.62. The predicted molar refractivity (Wildman–Crippen MR) is 40.8 cm³/mol. The van der Waals surface area contributed by atoms with Crippen LogP contribution >= 0.6 is 0 Å². The third-order valence-electron chi connectivity index (χ3n) is 2.36. The zero-order valence-electron chi connectivity index (χ0n) is 6.62. The SMILES string of the molecule is CC1(CF)CCCNCC1. The molecule has 0 radical (unpaired) electrons. The van der Waals surface area contributed by atoms with Gasteiger partial charge >= 0.3 is 0 Å². The summed E-state index contributed by atoms with van der Waals surface area (Å²) in [4.78, 5) is 0. The van der Waals surface area contributed by atoms with Crippen LogP contribution in [0, 0.1) is 5.41 Å². The second-order valence-electron chi connectivity index (χ2n) is 3.55. The number of alkyl halides is 1. The van der Waals surface area contributed by atoms with Crippen LogP contribution in [0.4, 0.5) is 4.39 Å². The molecule has 1 saturated heterocycles. The third-order valence-corrected chi connectivity index (χ3v) is 2.36. The van der Waals surface area contributed by atoms with Crippen molar-refractivity contribution in [2.75, 3.05) is 19.8 Å². The molecule has 1 nitrogen and oxygen atoms in total. The fourth-order valence-electron chi connectivity index (χ4n) is 1.41. The quantitative estimate of drug-likeness (QED) is 0.592. The molecular formula is C8H16FN. The molecule has 1 unspecified atom stereocenters.